The van der Waals surface area contributed by atoms with Crippen LogP contribution in [0, 0.1) is 27.2 Å². The molecule has 0 bridgehead atoms. The highest BCUT2D eigenvalue weighted by molar-refractivity contribution is 5.97. The third-order valence-corrected chi connectivity index (χ3v) is 3.65. The van der Waals surface area contributed by atoms with Crippen LogP contribution >= 0.6 is 0 Å². The van der Waals surface area contributed by atoms with Gasteiger partial charge in [0.05, 0.1) is 28.6 Å². The summed E-state index contributed by atoms with van der Waals surface area (Å²) in [6.45, 7) is 1.48. The molecule has 0 aromatic heterocycles. The molecule has 0 radical (unpaired) electrons. The van der Waals surface area contributed by atoms with Crippen molar-refractivity contribution >= 4 is 17.3 Å². The molecule has 2 aromatic rings. The lowest BCUT2D eigenvalue weighted by atomic mass is 10.0. The number of nitrogens with one attached hydrogen (secondary N) is 1. The quantitative estimate of drug-likeness (QED) is 0.634. The summed E-state index contributed by atoms with van der Waals surface area (Å²) in [7, 11) is 1.49. The third kappa shape index (κ3) is 3.89. The van der Waals surface area contributed by atoms with Gasteiger partial charge in [-0.3, -0.25) is 25.0 Å². The number of non-ortho nitro benzene ring substituents is 1. The summed E-state index contributed by atoms with van der Waals surface area (Å²) in [5, 5.41) is 24.6. The Morgan fingerprint density at radius 3 is 2.44 bits per heavy atom. The highest BCUT2D eigenvalue weighted by atomic mass is 16.6. The van der Waals surface area contributed by atoms with E-state index in [2.05, 4.69) is 5.32 Å². The molecule has 0 saturated heterocycles. The van der Waals surface area contributed by atoms with Crippen molar-refractivity contribution in [3.05, 3.63) is 73.3 Å². The van der Waals surface area contributed by atoms with Gasteiger partial charge < -0.3 is 10.1 Å². The number of benzene rings is 2. The lowest BCUT2D eigenvalue weighted by molar-refractivity contribution is -0.394. The molecule has 1 N–H and O–H groups in total. The van der Waals surface area contributed by atoms with Gasteiger partial charge in [0.15, 0.2) is 0 Å². The van der Waals surface area contributed by atoms with Crippen LogP contribution in [0.3, 0.4) is 0 Å². The van der Waals surface area contributed by atoms with Gasteiger partial charge in [-0.2, -0.15) is 0 Å². The minimum absolute atomic E-state index is 0.0631. The fourth-order valence-corrected chi connectivity index (χ4v) is 2.33. The second kappa shape index (κ2) is 7.39. The maximum atomic E-state index is 12.4. The number of carbonyl (C=O) groups is 1. The number of nitrogens with zero attached hydrogens (tertiary/aromatic N) is 2. The molecule has 0 spiro atoms. The smallest absolute Gasteiger partial charge is 0.279 e. The van der Waals surface area contributed by atoms with E-state index in [4.69, 9.17) is 4.74 Å². The second-order valence-corrected chi connectivity index (χ2v) is 5.15. The predicted molar refractivity (Wildman–Crippen MR) is 88.7 cm³/mol. The van der Waals surface area contributed by atoms with Crippen LogP contribution in [0.15, 0.2) is 36.4 Å². The average Bonchev–Trinajstić information content (AvgIpc) is 2.59. The lowest BCUT2D eigenvalue weighted by Gasteiger charge is -2.11. The van der Waals surface area contributed by atoms with Crippen molar-refractivity contribution in [3.8, 4) is 5.75 Å². The van der Waals surface area contributed by atoms with E-state index in [1.807, 2.05) is 0 Å². The van der Waals surface area contributed by atoms with Crippen LogP contribution < -0.4 is 10.1 Å². The molecule has 2 aromatic carbocycles. The molecule has 1 amide bonds. The molecule has 0 aliphatic carbocycles. The molecule has 0 aliphatic rings. The van der Waals surface area contributed by atoms with Crippen LogP contribution in [0.2, 0.25) is 0 Å². The maximum Gasteiger partial charge on any atom is 0.279 e. The molecule has 0 fully saturated rings. The number of methoxy groups -OCH3 is 1. The summed E-state index contributed by atoms with van der Waals surface area (Å²) in [4.78, 5) is 32.9. The minimum atomic E-state index is -0.774. The molecular weight excluding hydrogens is 330 g/mol. The fraction of sp³-hybridized carbons (Fsp3) is 0.188. The van der Waals surface area contributed by atoms with Crippen LogP contribution in [0.5, 0.6) is 5.75 Å². The lowest BCUT2D eigenvalue weighted by Crippen LogP contribution is -2.24. The van der Waals surface area contributed by atoms with E-state index in [0.717, 1.165) is 12.1 Å². The van der Waals surface area contributed by atoms with E-state index in [-0.39, 0.29) is 17.7 Å². The number of amides is 1. The molecule has 9 heteroatoms. The fourth-order valence-electron chi connectivity index (χ4n) is 2.33. The van der Waals surface area contributed by atoms with Crippen molar-refractivity contribution in [2.75, 3.05) is 7.11 Å². The number of hydrogen-bond donors (Lipinski definition) is 1. The molecule has 0 aliphatic heterocycles. The van der Waals surface area contributed by atoms with Gasteiger partial charge in [0.25, 0.3) is 17.3 Å². The molecule has 130 valence electrons. The zero-order chi connectivity index (χ0) is 18.6. The Kier molecular flexibility index (Phi) is 5.28. The molecular formula is C16H15N3O6. The average molecular weight is 345 g/mol. The maximum absolute atomic E-state index is 12.4. The van der Waals surface area contributed by atoms with Gasteiger partial charge in [-0.05, 0) is 13.0 Å². The monoisotopic (exact) mass is 345 g/mol. The summed E-state index contributed by atoms with van der Waals surface area (Å²) in [6, 6.07) is 8.89. The van der Waals surface area contributed by atoms with Crippen molar-refractivity contribution < 1.29 is 19.4 Å². The van der Waals surface area contributed by atoms with E-state index in [0.29, 0.717) is 11.3 Å². The first-order chi connectivity index (χ1) is 11.8. The van der Waals surface area contributed by atoms with Gasteiger partial charge in [-0.15, -0.1) is 0 Å². The number of nitro benzene ring substituents is 2. The van der Waals surface area contributed by atoms with Crippen LogP contribution in [0.4, 0.5) is 11.4 Å². The normalized spacial score (nSPS) is 10.2. The first kappa shape index (κ1) is 17.9. The zero-order valence-corrected chi connectivity index (χ0v) is 13.5. The van der Waals surface area contributed by atoms with Gasteiger partial charge in [-0.1, -0.05) is 18.2 Å². The highest BCUT2D eigenvalue weighted by Gasteiger charge is 2.24. The SMILES string of the molecule is COc1ccccc1CNC(=O)c1cc([N+](=O)[O-])cc([N+](=O)[O-])c1C. The van der Waals surface area contributed by atoms with Crippen molar-refractivity contribution in [1.29, 1.82) is 0 Å². The van der Waals surface area contributed by atoms with Gasteiger partial charge in [0, 0.05) is 23.7 Å². The van der Waals surface area contributed by atoms with Crippen LogP contribution in [0.25, 0.3) is 0 Å². The Hall–Kier alpha value is -3.49. The van der Waals surface area contributed by atoms with Crippen molar-refractivity contribution in [2.45, 2.75) is 13.5 Å². The topological polar surface area (TPSA) is 125 Å². The minimum Gasteiger partial charge on any atom is -0.496 e. The van der Waals surface area contributed by atoms with Crippen LogP contribution in [-0.2, 0) is 6.54 Å². The van der Waals surface area contributed by atoms with Gasteiger partial charge >= 0.3 is 0 Å². The number of nitro groups is 2. The Morgan fingerprint density at radius 1 is 1.16 bits per heavy atom. The number of carbonyl (C=O) groups excluding carboxylic acids is 1. The molecule has 0 unspecified atom stereocenters. The molecule has 9 nitrogen and oxygen atoms in total. The van der Waals surface area contributed by atoms with Crippen molar-refractivity contribution in [2.24, 2.45) is 0 Å². The van der Waals surface area contributed by atoms with E-state index in [9.17, 15) is 25.0 Å². The molecule has 0 heterocycles. The molecule has 0 atom stereocenters. The van der Waals surface area contributed by atoms with Crippen LogP contribution in [-0.4, -0.2) is 22.9 Å². The summed E-state index contributed by atoms with van der Waals surface area (Å²) in [6.07, 6.45) is 0. The first-order valence-electron chi connectivity index (χ1n) is 7.18. The summed E-state index contributed by atoms with van der Waals surface area (Å²) < 4.78 is 5.18. The number of hydrogen-bond acceptors (Lipinski definition) is 6. The Labute approximate surface area is 142 Å². The number of para-hydroxylation sites is 1. The van der Waals surface area contributed by atoms with Crippen LogP contribution in [0.1, 0.15) is 21.5 Å². The largest absolute Gasteiger partial charge is 0.496 e. The first-order valence-corrected chi connectivity index (χ1v) is 7.18. The Balaban J connectivity index is 2.32. The van der Waals surface area contributed by atoms with Gasteiger partial charge in [-0.25, -0.2) is 0 Å². The molecule has 0 saturated carbocycles. The van der Waals surface area contributed by atoms with Gasteiger partial charge in [0.1, 0.15) is 5.75 Å². The Bertz CT molecular complexity index is 850. The highest BCUT2D eigenvalue weighted by Crippen LogP contribution is 2.28. The predicted octanol–water partition coefficient (Wildman–Crippen LogP) is 2.75. The summed E-state index contributed by atoms with van der Waals surface area (Å²) >= 11 is 0. The number of ether oxygens (including phenoxy) is 1. The van der Waals surface area contributed by atoms with E-state index in [1.165, 1.54) is 14.0 Å². The molecule has 25 heavy (non-hydrogen) atoms. The summed E-state index contributed by atoms with van der Waals surface area (Å²) in [5.74, 6) is -0.0697. The standard InChI is InChI=1S/C16H15N3O6/c1-10-13(7-12(18(21)22)8-14(10)19(23)24)16(20)17-9-11-5-3-4-6-15(11)25-2/h3-8H,9H2,1-2H3,(H,17,20). The van der Waals surface area contributed by atoms with Crippen molar-refractivity contribution in [1.82, 2.24) is 5.32 Å². The van der Waals surface area contributed by atoms with Crippen molar-refractivity contribution in [3.63, 3.8) is 0 Å². The van der Waals surface area contributed by atoms with E-state index >= 15 is 0 Å². The second-order valence-electron chi connectivity index (χ2n) is 5.15. The van der Waals surface area contributed by atoms with E-state index in [1.54, 1.807) is 24.3 Å². The number of rotatable bonds is 6. The molecule has 2 rings (SSSR count). The Morgan fingerprint density at radius 2 is 1.84 bits per heavy atom. The zero-order valence-electron chi connectivity index (χ0n) is 13.5. The third-order valence-electron chi connectivity index (χ3n) is 3.65. The van der Waals surface area contributed by atoms with Gasteiger partial charge in [0.2, 0.25) is 0 Å². The summed E-state index contributed by atoms with van der Waals surface area (Å²) in [5.41, 5.74) is -0.337. The van der Waals surface area contributed by atoms with E-state index < -0.39 is 27.1 Å².